The lowest BCUT2D eigenvalue weighted by molar-refractivity contribution is -0.121. The molecule has 2 atom stereocenters. The molecule has 0 aromatic heterocycles. The second-order valence-corrected chi connectivity index (χ2v) is 7.96. The van der Waals surface area contributed by atoms with Crippen molar-refractivity contribution >= 4 is 17.6 Å². The number of hydrogen-bond acceptors (Lipinski definition) is 3. The van der Waals surface area contributed by atoms with Crippen molar-refractivity contribution in [3.05, 3.63) is 29.8 Å². The first-order valence-corrected chi connectivity index (χ1v) is 9.51. The largest absolute Gasteiger partial charge is 0.365 e. The summed E-state index contributed by atoms with van der Waals surface area (Å²) in [5.74, 6) is 0.386. The third-order valence-electron chi connectivity index (χ3n) is 6.07. The monoisotopic (exact) mass is 341 g/mol. The third kappa shape index (κ3) is 3.00. The van der Waals surface area contributed by atoms with Crippen LogP contribution in [0.25, 0.3) is 0 Å². The van der Waals surface area contributed by atoms with Crippen molar-refractivity contribution in [2.75, 3.05) is 11.4 Å². The summed E-state index contributed by atoms with van der Waals surface area (Å²) in [5.41, 5.74) is 2.71. The Morgan fingerprint density at radius 3 is 2.44 bits per heavy atom. The summed E-state index contributed by atoms with van der Waals surface area (Å²) in [6, 6.07) is 9.99. The van der Waals surface area contributed by atoms with E-state index in [9.17, 15) is 9.59 Å². The van der Waals surface area contributed by atoms with Gasteiger partial charge in [0.2, 0.25) is 5.91 Å². The lowest BCUT2D eigenvalue weighted by Crippen LogP contribution is -2.58. The van der Waals surface area contributed by atoms with E-state index in [1.165, 1.54) is 24.1 Å². The van der Waals surface area contributed by atoms with Crippen LogP contribution < -0.4 is 10.2 Å². The maximum absolute atomic E-state index is 12.2. The number of imide groups is 1. The van der Waals surface area contributed by atoms with Gasteiger partial charge in [-0.2, -0.15) is 0 Å². The fraction of sp³-hybridized carbons (Fsp3) is 0.600. The van der Waals surface area contributed by atoms with Crippen LogP contribution in [-0.4, -0.2) is 41.5 Å². The number of nitrogens with zero attached hydrogens (tertiary/aromatic N) is 2. The van der Waals surface area contributed by atoms with Gasteiger partial charge in [-0.3, -0.25) is 10.1 Å². The van der Waals surface area contributed by atoms with Crippen LogP contribution in [0.3, 0.4) is 0 Å². The number of urea groups is 1. The molecule has 1 N–H and O–H groups in total. The standard InChI is InChI=1S/C20H27N3O2/c1-13(2)14-4-3-5-15(10-14)23-16-6-7-17(23)12-18(11-16)22-9-8-19(24)21-20(22)25/h3-5,10,13,16-18H,6-9,11-12H2,1-2H3,(H,21,24,25). The summed E-state index contributed by atoms with van der Waals surface area (Å²) in [7, 11) is 0. The Morgan fingerprint density at radius 1 is 1.08 bits per heavy atom. The molecule has 0 aliphatic carbocycles. The zero-order chi connectivity index (χ0) is 17.6. The van der Waals surface area contributed by atoms with Gasteiger partial charge < -0.3 is 9.80 Å². The first-order chi connectivity index (χ1) is 12.0. The van der Waals surface area contributed by atoms with Gasteiger partial charge in [-0.25, -0.2) is 4.79 Å². The predicted octanol–water partition coefficient (Wildman–Crippen LogP) is 3.25. The van der Waals surface area contributed by atoms with E-state index in [2.05, 4.69) is 48.3 Å². The number of benzene rings is 1. The van der Waals surface area contributed by atoms with Gasteiger partial charge in [-0.15, -0.1) is 0 Å². The van der Waals surface area contributed by atoms with Crippen LogP contribution in [0.5, 0.6) is 0 Å². The lowest BCUT2D eigenvalue weighted by Gasteiger charge is -2.45. The molecular formula is C20H27N3O2. The number of fused-ring (bicyclic) bond motifs is 2. The molecule has 3 aliphatic rings. The van der Waals surface area contributed by atoms with Crippen molar-refractivity contribution < 1.29 is 9.59 Å². The highest BCUT2D eigenvalue weighted by atomic mass is 16.2. The highest BCUT2D eigenvalue weighted by Crippen LogP contribution is 2.41. The minimum atomic E-state index is -0.198. The molecule has 0 spiro atoms. The molecule has 3 fully saturated rings. The number of nitrogens with one attached hydrogen (secondary N) is 1. The van der Waals surface area contributed by atoms with Gasteiger partial charge in [0, 0.05) is 36.8 Å². The Labute approximate surface area is 149 Å². The molecule has 4 rings (SSSR count). The summed E-state index contributed by atoms with van der Waals surface area (Å²) in [5, 5.41) is 2.47. The zero-order valence-corrected chi connectivity index (χ0v) is 15.1. The van der Waals surface area contributed by atoms with E-state index in [1.54, 1.807) is 0 Å². The quantitative estimate of drug-likeness (QED) is 0.918. The average molecular weight is 341 g/mol. The fourth-order valence-electron chi connectivity index (χ4n) is 4.79. The number of amides is 3. The van der Waals surface area contributed by atoms with Gasteiger partial charge in [0.25, 0.3) is 0 Å². The number of anilines is 1. The van der Waals surface area contributed by atoms with Crippen LogP contribution in [0.1, 0.15) is 57.4 Å². The Kier molecular flexibility index (Phi) is 4.18. The predicted molar refractivity (Wildman–Crippen MR) is 97.7 cm³/mol. The SMILES string of the molecule is CC(C)c1cccc(N2C3CCC2CC(N2CCC(=O)NC2=O)C3)c1. The minimum Gasteiger partial charge on any atom is -0.365 e. The summed E-state index contributed by atoms with van der Waals surface area (Å²) >= 11 is 0. The van der Waals surface area contributed by atoms with E-state index in [1.807, 2.05) is 4.90 Å². The maximum Gasteiger partial charge on any atom is 0.324 e. The summed E-state index contributed by atoms with van der Waals surface area (Å²) in [6.45, 7) is 5.03. The first-order valence-electron chi connectivity index (χ1n) is 9.51. The van der Waals surface area contributed by atoms with E-state index >= 15 is 0 Å². The van der Waals surface area contributed by atoms with E-state index in [0.717, 1.165) is 12.8 Å². The molecule has 5 heteroatoms. The van der Waals surface area contributed by atoms with Gasteiger partial charge in [-0.05, 0) is 49.3 Å². The molecular weight excluding hydrogens is 314 g/mol. The molecule has 2 bridgehead atoms. The Balaban J connectivity index is 1.52. The van der Waals surface area contributed by atoms with Crippen molar-refractivity contribution in [2.45, 2.75) is 70.0 Å². The van der Waals surface area contributed by atoms with Gasteiger partial charge in [0.05, 0.1) is 0 Å². The molecule has 0 saturated carbocycles. The third-order valence-corrected chi connectivity index (χ3v) is 6.07. The number of carbonyl (C=O) groups is 2. The maximum atomic E-state index is 12.2. The van der Waals surface area contributed by atoms with Gasteiger partial charge in [0.15, 0.2) is 0 Å². The van der Waals surface area contributed by atoms with Crippen LogP contribution in [0, 0.1) is 0 Å². The molecule has 3 amide bonds. The zero-order valence-electron chi connectivity index (χ0n) is 15.1. The summed E-state index contributed by atoms with van der Waals surface area (Å²) < 4.78 is 0. The molecule has 134 valence electrons. The van der Waals surface area contributed by atoms with Gasteiger partial charge >= 0.3 is 6.03 Å². The van der Waals surface area contributed by atoms with Crippen LogP contribution >= 0.6 is 0 Å². The highest BCUT2D eigenvalue weighted by Gasteiger charge is 2.44. The second-order valence-electron chi connectivity index (χ2n) is 7.96. The second kappa shape index (κ2) is 6.36. The average Bonchev–Trinajstić information content (AvgIpc) is 2.85. The molecule has 0 radical (unpaired) electrons. The van der Waals surface area contributed by atoms with Gasteiger partial charge in [0.1, 0.15) is 0 Å². The summed E-state index contributed by atoms with van der Waals surface area (Å²) in [4.78, 5) is 28.1. The van der Waals surface area contributed by atoms with Crippen molar-refractivity contribution in [3.63, 3.8) is 0 Å². The molecule has 3 aliphatic heterocycles. The van der Waals surface area contributed by atoms with Crippen molar-refractivity contribution in [1.29, 1.82) is 0 Å². The van der Waals surface area contributed by atoms with E-state index in [0.29, 0.717) is 31.0 Å². The molecule has 1 aromatic carbocycles. The lowest BCUT2D eigenvalue weighted by atomic mass is 9.94. The van der Waals surface area contributed by atoms with Crippen molar-refractivity contribution in [3.8, 4) is 0 Å². The van der Waals surface area contributed by atoms with Crippen LogP contribution in [0.4, 0.5) is 10.5 Å². The van der Waals surface area contributed by atoms with Gasteiger partial charge in [-0.1, -0.05) is 26.0 Å². The van der Waals surface area contributed by atoms with Crippen LogP contribution in [0.2, 0.25) is 0 Å². The summed E-state index contributed by atoms with van der Waals surface area (Å²) in [6.07, 6.45) is 4.83. The molecule has 3 heterocycles. The van der Waals surface area contributed by atoms with Crippen LogP contribution in [0.15, 0.2) is 24.3 Å². The van der Waals surface area contributed by atoms with Crippen molar-refractivity contribution in [1.82, 2.24) is 10.2 Å². The van der Waals surface area contributed by atoms with Crippen LogP contribution in [-0.2, 0) is 4.79 Å². The molecule has 3 saturated heterocycles. The molecule has 25 heavy (non-hydrogen) atoms. The van der Waals surface area contributed by atoms with Crippen molar-refractivity contribution in [2.24, 2.45) is 0 Å². The van der Waals surface area contributed by atoms with E-state index in [-0.39, 0.29) is 18.0 Å². The van der Waals surface area contributed by atoms with E-state index in [4.69, 9.17) is 0 Å². The minimum absolute atomic E-state index is 0.146. The highest BCUT2D eigenvalue weighted by molar-refractivity contribution is 5.96. The smallest absolute Gasteiger partial charge is 0.324 e. The normalized spacial score (nSPS) is 29.3. The Hall–Kier alpha value is -2.04. The number of hydrogen-bond donors (Lipinski definition) is 1. The number of rotatable bonds is 3. The topological polar surface area (TPSA) is 52.6 Å². The van der Waals surface area contributed by atoms with E-state index < -0.39 is 0 Å². The molecule has 2 unspecified atom stereocenters. The number of carbonyl (C=O) groups excluding carboxylic acids is 2. The molecule has 5 nitrogen and oxygen atoms in total. The fourth-order valence-corrected chi connectivity index (χ4v) is 4.79. The number of piperidine rings is 1. The Bertz CT molecular complexity index is 673. The Morgan fingerprint density at radius 2 is 1.80 bits per heavy atom. The first kappa shape index (κ1) is 16.4. The molecule has 1 aromatic rings.